The summed E-state index contributed by atoms with van der Waals surface area (Å²) in [6.07, 6.45) is -0.204. The van der Waals surface area contributed by atoms with Crippen LogP contribution in [0, 0.1) is 6.92 Å². The Bertz CT molecular complexity index is 1120. The minimum absolute atomic E-state index is 0.204. The summed E-state index contributed by atoms with van der Waals surface area (Å²) in [5.74, 6) is 2.39. The number of para-hydroxylation sites is 3. The van der Waals surface area contributed by atoms with Gasteiger partial charge in [-0.05, 0) is 55.8 Å². The number of aryl methyl sites for hydroxylation is 1. The second kappa shape index (κ2) is 8.58. The molecule has 3 aromatic carbocycles. The number of hydrogen-bond donors (Lipinski definition) is 0. The quantitative estimate of drug-likeness (QED) is 0.365. The van der Waals surface area contributed by atoms with E-state index in [2.05, 4.69) is 23.6 Å². The Balaban J connectivity index is 1.57. The molecular formula is C24H23ClN2O2. The second-order valence-corrected chi connectivity index (χ2v) is 7.37. The first-order chi connectivity index (χ1) is 14.1. The molecule has 5 heteroatoms. The lowest BCUT2D eigenvalue weighted by Gasteiger charge is -2.17. The van der Waals surface area contributed by atoms with Gasteiger partial charge in [-0.1, -0.05) is 48.0 Å². The summed E-state index contributed by atoms with van der Waals surface area (Å²) < 4.78 is 14.3. The third-order valence-electron chi connectivity index (χ3n) is 4.76. The van der Waals surface area contributed by atoms with Crippen molar-refractivity contribution in [2.24, 2.45) is 0 Å². The van der Waals surface area contributed by atoms with Gasteiger partial charge in [0.05, 0.1) is 22.6 Å². The summed E-state index contributed by atoms with van der Waals surface area (Å²) in [5, 5.41) is 0.611. The van der Waals surface area contributed by atoms with Gasteiger partial charge in [-0.25, -0.2) is 4.98 Å². The van der Waals surface area contributed by atoms with Gasteiger partial charge < -0.3 is 14.0 Å². The molecule has 29 heavy (non-hydrogen) atoms. The second-order valence-electron chi connectivity index (χ2n) is 6.97. The molecule has 0 fully saturated rings. The largest absolute Gasteiger partial charge is 0.490 e. The fourth-order valence-corrected chi connectivity index (χ4v) is 3.58. The average molecular weight is 407 g/mol. The molecule has 0 aliphatic carbocycles. The van der Waals surface area contributed by atoms with Crippen LogP contribution in [-0.2, 0) is 6.54 Å². The Hall–Kier alpha value is -2.98. The van der Waals surface area contributed by atoms with E-state index in [1.807, 2.05) is 67.6 Å². The van der Waals surface area contributed by atoms with Crippen molar-refractivity contribution in [3.63, 3.8) is 0 Å². The van der Waals surface area contributed by atoms with Crippen LogP contribution >= 0.6 is 11.6 Å². The molecule has 4 aromatic rings. The molecule has 0 bridgehead atoms. The molecule has 4 nitrogen and oxygen atoms in total. The van der Waals surface area contributed by atoms with Gasteiger partial charge >= 0.3 is 0 Å². The van der Waals surface area contributed by atoms with Crippen molar-refractivity contribution in [1.82, 2.24) is 9.55 Å². The van der Waals surface area contributed by atoms with Gasteiger partial charge in [0.25, 0.3) is 0 Å². The monoisotopic (exact) mass is 406 g/mol. The summed E-state index contributed by atoms with van der Waals surface area (Å²) in [6, 6.07) is 23.7. The van der Waals surface area contributed by atoms with Gasteiger partial charge in [0.1, 0.15) is 18.1 Å². The number of ether oxygens (including phenoxy) is 2. The zero-order chi connectivity index (χ0) is 20.2. The number of aromatic nitrogens is 2. The zero-order valence-electron chi connectivity index (χ0n) is 16.5. The maximum Gasteiger partial charge on any atom is 0.153 e. The summed E-state index contributed by atoms with van der Waals surface area (Å²) in [6.45, 7) is 5.20. The van der Waals surface area contributed by atoms with Crippen LogP contribution in [0.2, 0.25) is 5.02 Å². The van der Waals surface area contributed by atoms with Crippen molar-refractivity contribution in [3.05, 3.63) is 89.2 Å². The van der Waals surface area contributed by atoms with Gasteiger partial charge in [0, 0.05) is 0 Å². The number of nitrogens with zero attached hydrogens (tertiary/aromatic N) is 2. The van der Waals surface area contributed by atoms with Crippen LogP contribution in [0.15, 0.2) is 72.8 Å². The van der Waals surface area contributed by atoms with E-state index in [1.54, 1.807) is 0 Å². The minimum Gasteiger partial charge on any atom is -0.490 e. The lowest BCUT2D eigenvalue weighted by Crippen LogP contribution is -2.15. The minimum atomic E-state index is -0.204. The van der Waals surface area contributed by atoms with Crippen molar-refractivity contribution in [2.45, 2.75) is 26.5 Å². The molecule has 0 saturated heterocycles. The van der Waals surface area contributed by atoms with Crippen molar-refractivity contribution in [2.75, 3.05) is 6.61 Å². The van der Waals surface area contributed by atoms with Crippen LogP contribution < -0.4 is 9.47 Å². The topological polar surface area (TPSA) is 36.3 Å². The van der Waals surface area contributed by atoms with E-state index >= 15 is 0 Å². The van der Waals surface area contributed by atoms with Crippen molar-refractivity contribution >= 4 is 22.6 Å². The van der Waals surface area contributed by atoms with Crippen LogP contribution in [0.1, 0.15) is 24.4 Å². The number of hydrogen-bond acceptors (Lipinski definition) is 3. The maximum atomic E-state index is 6.20. The summed E-state index contributed by atoms with van der Waals surface area (Å²) in [5.41, 5.74) is 3.17. The predicted molar refractivity (Wildman–Crippen MR) is 117 cm³/mol. The van der Waals surface area contributed by atoms with Gasteiger partial charge in [-0.2, -0.15) is 0 Å². The SMILES string of the molecule is Cc1cccc(OC(C)c2nc3ccccc3n2CCOc2ccccc2Cl)c1. The van der Waals surface area contributed by atoms with Crippen LogP contribution in [0.3, 0.4) is 0 Å². The molecule has 0 N–H and O–H groups in total. The highest BCUT2D eigenvalue weighted by atomic mass is 35.5. The van der Waals surface area contributed by atoms with E-state index < -0.39 is 0 Å². The van der Waals surface area contributed by atoms with Gasteiger partial charge in [0.15, 0.2) is 11.9 Å². The lowest BCUT2D eigenvalue weighted by molar-refractivity contribution is 0.207. The highest BCUT2D eigenvalue weighted by Gasteiger charge is 2.18. The van der Waals surface area contributed by atoms with Crippen molar-refractivity contribution in [1.29, 1.82) is 0 Å². The molecule has 148 valence electrons. The fourth-order valence-electron chi connectivity index (χ4n) is 3.39. The number of fused-ring (bicyclic) bond motifs is 1. The molecule has 0 aliphatic heterocycles. The first-order valence-corrected chi connectivity index (χ1v) is 10.1. The normalized spacial score (nSPS) is 12.1. The van der Waals surface area contributed by atoms with Crippen molar-refractivity contribution in [3.8, 4) is 11.5 Å². The summed E-state index contributed by atoms with van der Waals surface area (Å²) in [4.78, 5) is 4.83. The zero-order valence-corrected chi connectivity index (χ0v) is 17.3. The van der Waals surface area contributed by atoms with Gasteiger partial charge in [-0.15, -0.1) is 0 Å². The van der Waals surface area contributed by atoms with Crippen LogP contribution in [-0.4, -0.2) is 16.2 Å². The average Bonchev–Trinajstić information content (AvgIpc) is 3.08. The number of imidazole rings is 1. The molecule has 1 heterocycles. The third-order valence-corrected chi connectivity index (χ3v) is 5.07. The first kappa shape index (κ1) is 19.3. The number of halogens is 1. The Labute approximate surface area is 175 Å². The Morgan fingerprint density at radius 2 is 1.79 bits per heavy atom. The van der Waals surface area contributed by atoms with E-state index in [-0.39, 0.29) is 6.10 Å². The maximum absolute atomic E-state index is 6.20. The van der Waals surface area contributed by atoms with Crippen LogP contribution in [0.25, 0.3) is 11.0 Å². The van der Waals surface area contributed by atoms with Crippen LogP contribution in [0.5, 0.6) is 11.5 Å². The lowest BCUT2D eigenvalue weighted by atomic mass is 10.2. The smallest absolute Gasteiger partial charge is 0.153 e. The Morgan fingerprint density at radius 1 is 1.00 bits per heavy atom. The number of rotatable bonds is 7. The standard InChI is InChI=1S/C24H23ClN2O2/c1-17-8-7-9-19(16-17)29-18(2)24-26-21-11-4-5-12-22(21)27(24)14-15-28-23-13-6-3-10-20(23)25/h3-13,16,18H,14-15H2,1-2H3. The Kier molecular flexibility index (Phi) is 5.72. The summed E-state index contributed by atoms with van der Waals surface area (Å²) >= 11 is 6.20. The molecule has 0 radical (unpaired) electrons. The molecule has 0 saturated carbocycles. The van der Waals surface area contributed by atoms with Crippen LogP contribution in [0.4, 0.5) is 0 Å². The Morgan fingerprint density at radius 3 is 2.62 bits per heavy atom. The highest BCUT2D eigenvalue weighted by Crippen LogP contribution is 2.27. The fraction of sp³-hybridized carbons (Fsp3) is 0.208. The summed E-state index contributed by atoms with van der Waals surface area (Å²) in [7, 11) is 0. The molecular weight excluding hydrogens is 384 g/mol. The van der Waals surface area contributed by atoms with Crippen molar-refractivity contribution < 1.29 is 9.47 Å². The molecule has 4 rings (SSSR count). The van der Waals surface area contributed by atoms with E-state index in [9.17, 15) is 0 Å². The molecule has 1 unspecified atom stereocenters. The van der Waals surface area contributed by atoms with E-state index in [4.69, 9.17) is 26.1 Å². The predicted octanol–water partition coefficient (Wildman–Crippen LogP) is 6.22. The highest BCUT2D eigenvalue weighted by molar-refractivity contribution is 6.32. The third kappa shape index (κ3) is 4.38. The van der Waals surface area contributed by atoms with Gasteiger partial charge in [0.2, 0.25) is 0 Å². The molecule has 1 atom stereocenters. The molecule has 0 spiro atoms. The first-order valence-electron chi connectivity index (χ1n) is 9.67. The van der Waals surface area contributed by atoms with E-state index in [0.717, 1.165) is 28.2 Å². The molecule has 0 aliphatic rings. The van der Waals surface area contributed by atoms with E-state index in [1.165, 1.54) is 0 Å². The number of benzene rings is 3. The molecule has 1 aromatic heterocycles. The molecule has 0 amide bonds. The van der Waals surface area contributed by atoms with E-state index in [0.29, 0.717) is 23.9 Å². The van der Waals surface area contributed by atoms with Gasteiger partial charge in [-0.3, -0.25) is 0 Å².